The van der Waals surface area contributed by atoms with Gasteiger partial charge in [-0.15, -0.1) is 11.3 Å². The van der Waals surface area contributed by atoms with Gasteiger partial charge in [0.2, 0.25) is 0 Å². The number of aryl methyl sites for hydroxylation is 2. The maximum atomic E-state index is 4.47. The second kappa shape index (κ2) is 6.12. The van der Waals surface area contributed by atoms with Crippen molar-refractivity contribution in [3.8, 4) is 0 Å². The quantitative estimate of drug-likeness (QED) is 0.887. The molecule has 2 rings (SSSR count). The molecule has 1 aromatic carbocycles. The van der Waals surface area contributed by atoms with Crippen LogP contribution in [0.3, 0.4) is 0 Å². The van der Waals surface area contributed by atoms with Crippen LogP contribution in [-0.2, 0) is 6.42 Å². The van der Waals surface area contributed by atoms with Gasteiger partial charge in [-0.2, -0.15) is 0 Å². The molecule has 1 aromatic heterocycles. The van der Waals surface area contributed by atoms with Crippen molar-refractivity contribution in [1.82, 2.24) is 10.3 Å². The summed E-state index contributed by atoms with van der Waals surface area (Å²) in [7, 11) is 0. The highest BCUT2D eigenvalue weighted by Crippen LogP contribution is 2.13. The van der Waals surface area contributed by atoms with E-state index < -0.39 is 0 Å². The van der Waals surface area contributed by atoms with E-state index in [0.717, 1.165) is 18.7 Å². The van der Waals surface area contributed by atoms with Crippen LogP contribution in [0, 0.1) is 13.8 Å². The summed E-state index contributed by atoms with van der Waals surface area (Å²) in [5.41, 5.74) is 3.78. The van der Waals surface area contributed by atoms with E-state index in [1.807, 2.05) is 6.92 Å². The normalized spacial score (nSPS) is 12.6. The highest BCUT2D eigenvalue weighted by Gasteiger charge is 2.05. The number of nitrogens with zero attached hydrogens (tertiary/aromatic N) is 1. The first kappa shape index (κ1) is 13.2. The van der Waals surface area contributed by atoms with Gasteiger partial charge in [0.25, 0.3) is 0 Å². The van der Waals surface area contributed by atoms with Crippen molar-refractivity contribution in [2.45, 2.75) is 33.2 Å². The third kappa shape index (κ3) is 3.65. The standard InChI is InChI=1S/C15H20N2S/c1-11-4-6-14(7-5-11)13(3)16-9-8-15-17-12(2)10-18-15/h4-7,10,13,16H,8-9H2,1-3H3. The van der Waals surface area contributed by atoms with Crippen molar-refractivity contribution < 1.29 is 0 Å². The zero-order valence-electron chi connectivity index (χ0n) is 11.2. The summed E-state index contributed by atoms with van der Waals surface area (Å²) in [6.07, 6.45) is 1.01. The largest absolute Gasteiger partial charge is 0.310 e. The van der Waals surface area contributed by atoms with Crippen LogP contribution in [0.4, 0.5) is 0 Å². The minimum absolute atomic E-state index is 0.395. The fourth-order valence-corrected chi connectivity index (χ4v) is 2.66. The molecule has 0 bridgehead atoms. The highest BCUT2D eigenvalue weighted by molar-refractivity contribution is 7.09. The molecule has 1 unspecified atom stereocenters. The van der Waals surface area contributed by atoms with Gasteiger partial charge < -0.3 is 5.32 Å². The molecule has 2 aromatic rings. The first-order valence-electron chi connectivity index (χ1n) is 6.36. The van der Waals surface area contributed by atoms with Crippen LogP contribution in [0.2, 0.25) is 0 Å². The first-order valence-corrected chi connectivity index (χ1v) is 7.24. The molecule has 0 aliphatic carbocycles. The van der Waals surface area contributed by atoms with E-state index >= 15 is 0 Å². The van der Waals surface area contributed by atoms with E-state index in [1.54, 1.807) is 11.3 Å². The van der Waals surface area contributed by atoms with E-state index in [9.17, 15) is 0 Å². The summed E-state index contributed by atoms with van der Waals surface area (Å²) >= 11 is 1.75. The number of nitrogens with one attached hydrogen (secondary N) is 1. The molecule has 1 atom stereocenters. The number of thiazole rings is 1. The lowest BCUT2D eigenvalue weighted by molar-refractivity contribution is 0.576. The van der Waals surface area contributed by atoms with Crippen LogP contribution in [0.15, 0.2) is 29.6 Å². The number of hydrogen-bond acceptors (Lipinski definition) is 3. The monoisotopic (exact) mass is 260 g/mol. The molecule has 18 heavy (non-hydrogen) atoms. The molecular formula is C15H20N2S. The Morgan fingerprint density at radius 3 is 2.56 bits per heavy atom. The van der Waals surface area contributed by atoms with Gasteiger partial charge in [0.1, 0.15) is 0 Å². The van der Waals surface area contributed by atoms with Crippen LogP contribution in [-0.4, -0.2) is 11.5 Å². The third-order valence-corrected chi connectivity index (χ3v) is 4.06. The summed E-state index contributed by atoms with van der Waals surface area (Å²) in [5.74, 6) is 0. The molecule has 0 amide bonds. The van der Waals surface area contributed by atoms with Gasteiger partial charge >= 0.3 is 0 Å². The molecule has 0 aliphatic heterocycles. The number of benzene rings is 1. The van der Waals surface area contributed by atoms with E-state index in [1.165, 1.54) is 16.1 Å². The van der Waals surface area contributed by atoms with Gasteiger partial charge in [-0.3, -0.25) is 0 Å². The lowest BCUT2D eigenvalue weighted by Gasteiger charge is -2.13. The Morgan fingerprint density at radius 1 is 1.22 bits per heavy atom. The molecule has 0 aliphatic rings. The van der Waals surface area contributed by atoms with Crippen LogP contribution in [0.5, 0.6) is 0 Å². The van der Waals surface area contributed by atoms with Crippen molar-refractivity contribution in [3.63, 3.8) is 0 Å². The van der Waals surface area contributed by atoms with Crippen LogP contribution < -0.4 is 5.32 Å². The van der Waals surface area contributed by atoms with E-state index in [2.05, 4.69) is 53.8 Å². The topological polar surface area (TPSA) is 24.9 Å². The Kier molecular flexibility index (Phi) is 4.50. The molecule has 0 spiro atoms. The Bertz CT molecular complexity index is 487. The lowest BCUT2D eigenvalue weighted by Crippen LogP contribution is -2.21. The Morgan fingerprint density at radius 2 is 1.94 bits per heavy atom. The van der Waals surface area contributed by atoms with Crippen LogP contribution in [0.25, 0.3) is 0 Å². The average molecular weight is 260 g/mol. The number of rotatable bonds is 5. The molecule has 1 N–H and O–H groups in total. The van der Waals surface area contributed by atoms with Gasteiger partial charge in [0.05, 0.1) is 5.01 Å². The highest BCUT2D eigenvalue weighted by atomic mass is 32.1. The Hall–Kier alpha value is -1.19. The molecule has 0 saturated carbocycles. The molecule has 1 heterocycles. The van der Waals surface area contributed by atoms with E-state index in [0.29, 0.717) is 6.04 Å². The minimum atomic E-state index is 0.395. The molecule has 0 fully saturated rings. The fraction of sp³-hybridized carbons (Fsp3) is 0.400. The molecule has 96 valence electrons. The second-order valence-corrected chi connectivity index (χ2v) is 5.66. The smallest absolute Gasteiger partial charge is 0.0940 e. The first-order chi connectivity index (χ1) is 8.65. The van der Waals surface area contributed by atoms with Crippen molar-refractivity contribution >= 4 is 11.3 Å². The van der Waals surface area contributed by atoms with E-state index in [-0.39, 0.29) is 0 Å². The van der Waals surface area contributed by atoms with Crippen molar-refractivity contribution in [1.29, 1.82) is 0 Å². The second-order valence-electron chi connectivity index (χ2n) is 4.72. The average Bonchev–Trinajstić information content (AvgIpc) is 2.76. The number of hydrogen-bond donors (Lipinski definition) is 1. The maximum Gasteiger partial charge on any atom is 0.0940 e. The summed E-state index contributed by atoms with van der Waals surface area (Å²) in [6, 6.07) is 9.11. The summed E-state index contributed by atoms with van der Waals surface area (Å²) in [5, 5.41) is 6.87. The summed E-state index contributed by atoms with van der Waals surface area (Å²) in [4.78, 5) is 4.47. The molecule has 0 saturated heterocycles. The van der Waals surface area contributed by atoms with Gasteiger partial charge in [-0.25, -0.2) is 4.98 Å². The van der Waals surface area contributed by atoms with E-state index in [4.69, 9.17) is 0 Å². The maximum absolute atomic E-state index is 4.47. The predicted octanol–water partition coefficient (Wildman–Crippen LogP) is 3.65. The van der Waals surface area contributed by atoms with Gasteiger partial charge in [0, 0.05) is 30.1 Å². The Labute approximate surface area is 113 Å². The molecular weight excluding hydrogens is 240 g/mol. The van der Waals surface area contributed by atoms with Gasteiger partial charge in [-0.1, -0.05) is 29.8 Å². The SMILES string of the molecule is Cc1ccc(C(C)NCCc2nc(C)cs2)cc1. The summed E-state index contributed by atoms with van der Waals surface area (Å²) < 4.78 is 0. The van der Waals surface area contributed by atoms with Crippen molar-refractivity contribution in [2.75, 3.05) is 6.54 Å². The zero-order valence-corrected chi connectivity index (χ0v) is 12.1. The molecule has 0 radical (unpaired) electrons. The molecule has 2 nitrogen and oxygen atoms in total. The zero-order chi connectivity index (χ0) is 13.0. The fourth-order valence-electron chi connectivity index (χ4n) is 1.89. The van der Waals surface area contributed by atoms with Crippen molar-refractivity contribution in [2.24, 2.45) is 0 Å². The number of aromatic nitrogens is 1. The minimum Gasteiger partial charge on any atom is -0.310 e. The third-order valence-electron chi connectivity index (χ3n) is 3.03. The van der Waals surface area contributed by atoms with Crippen molar-refractivity contribution in [3.05, 3.63) is 51.5 Å². The summed E-state index contributed by atoms with van der Waals surface area (Å²) in [6.45, 7) is 7.34. The van der Waals surface area contributed by atoms with Crippen LogP contribution >= 0.6 is 11.3 Å². The molecule has 3 heteroatoms. The van der Waals surface area contributed by atoms with Crippen LogP contribution in [0.1, 0.15) is 34.8 Å². The predicted molar refractivity (Wildman–Crippen MR) is 78.2 cm³/mol. The Balaban J connectivity index is 1.81. The van der Waals surface area contributed by atoms with Gasteiger partial charge in [-0.05, 0) is 26.3 Å². The van der Waals surface area contributed by atoms with Gasteiger partial charge in [0.15, 0.2) is 0 Å². The lowest BCUT2D eigenvalue weighted by atomic mass is 10.1.